The summed E-state index contributed by atoms with van der Waals surface area (Å²) in [7, 11) is 0. The molecule has 0 aliphatic rings. The van der Waals surface area contributed by atoms with E-state index in [-0.39, 0.29) is 71.4 Å². The highest BCUT2D eigenvalue weighted by atomic mass is 16.7. The SMILES string of the molecule is CCC(CO)(CN(CCCCCCN(CC(CC)(CO)[N+](=O)[O-])CC(CC)(CO)[N+](=O)[O-])CC(CC)(CO)[N+](=O)[O-])[N+](=O)[O-].CCC(CO)(CO)[N+](=O)[O-].NCCCCCCN. The van der Waals surface area contributed by atoms with E-state index < -0.39 is 92.0 Å². The van der Waals surface area contributed by atoms with Crippen molar-refractivity contribution in [1.29, 1.82) is 0 Å². The zero-order valence-electron chi connectivity index (χ0n) is 37.6. The van der Waals surface area contributed by atoms with Crippen molar-refractivity contribution in [1.82, 2.24) is 9.80 Å². The van der Waals surface area contributed by atoms with Crippen molar-refractivity contribution in [3.8, 4) is 0 Å². The van der Waals surface area contributed by atoms with Gasteiger partial charge in [0.05, 0.1) is 26.2 Å². The minimum atomic E-state index is -1.74. The van der Waals surface area contributed by atoms with E-state index >= 15 is 0 Å². The molecule has 0 aromatic heterocycles. The molecule has 0 saturated heterocycles. The lowest BCUT2D eigenvalue weighted by Crippen LogP contribution is -2.57. The summed E-state index contributed by atoms with van der Waals surface area (Å²) < 4.78 is 0. The average Bonchev–Trinajstić information content (AvgIpc) is 3.26. The first kappa shape index (κ1) is 62.9. The molecule has 10 N–H and O–H groups in total. The van der Waals surface area contributed by atoms with Gasteiger partial charge in [0.1, 0.15) is 39.6 Å². The molecule has 0 aliphatic carbocycles. The first-order valence-corrected chi connectivity index (χ1v) is 21.4. The summed E-state index contributed by atoms with van der Waals surface area (Å²) >= 11 is 0. The second-order valence-corrected chi connectivity index (χ2v) is 16.0. The number of hydrogen-bond acceptors (Lipinski definition) is 20. The second kappa shape index (κ2) is 33.2. The van der Waals surface area contributed by atoms with E-state index in [2.05, 4.69) is 0 Å². The standard InChI is InChI=1S/C26H52N6O12.C6H16N2.C5H11NO4/c1-5-23(19-33,29(37)38)15-27(16-24(6-2,20-34)30(39)40)13-11-9-10-12-14-28(17-25(7-3,21-35)31(41)42)18-26(8-4,22-36)32(43)44;7-5-3-1-2-4-6-8;1-2-5(3-7,4-8)6(9)10/h33-36H,5-22H2,1-4H3;1-8H2;7-8H,2-4H2,1H3. The first-order chi connectivity index (χ1) is 29.2. The molecule has 0 fully saturated rings. The predicted octanol–water partition coefficient (Wildman–Crippen LogP) is 0.683. The second-order valence-electron chi connectivity index (χ2n) is 16.0. The lowest BCUT2D eigenvalue weighted by molar-refractivity contribution is -0.583. The van der Waals surface area contributed by atoms with Crippen LogP contribution in [-0.2, 0) is 0 Å². The summed E-state index contributed by atoms with van der Waals surface area (Å²) in [4.78, 5) is 57.5. The molecule has 25 heteroatoms. The van der Waals surface area contributed by atoms with Gasteiger partial charge in [0, 0.05) is 56.7 Å². The number of nitrogens with zero attached hydrogens (tertiary/aromatic N) is 7. The van der Waals surface area contributed by atoms with Crippen molar-refractivity contribution in [2.45, 2.75) is 146 Å². The molecule has 4 atom stereocenters. The van der Waals surface area contributed by atoms with Crippen molar-refractivity contribution in [3.05, 3.63) is 50.6 Å². The Kier molecular flexibility index (Phi) is 33.6. The molecule has 0 spiro atoms. The van der Waals surface area contributed by atoms with Crippen LogP contribution in [0.5, 0.6) is 0 Å². The fourth-order valence-electron chi connectivity index (χ4n) is 6.35. The highest BCUT2D eigenvalue weighted by molar-refractivity contribution is 4.89. The third-order valence-corrected chi connectivity index (χ3v) is 11.9. The van der Waals surface area contributed by atoms with E-state index in [0.717, 1.165) is 25.9 Å². The van der Waals surface area contributed by atoms with Crippen LogP contribution in [0.1, 0.15) is 118 Å². The summed E-state index contributed by atoms with van der Waals surface area (Å²) in [5.74, 6) is 0. The fourth-order valence-corrected chi connectivity index (χ4v) is 6.35. The van der Waals surface area contributed by atoms with E-state index in [0.29, 0.717) is 25.7 Å². The van der Waals surface area contributed by atoms with E-state index in [9.17, 15) is 71.0 Å². The fraction of sp³-hybridized carbons (Fsp3) is 1.00. The van der Waals surface area contributed by atoms with Crippen LogP contribution < -0.4 is 11.5 Å². The Labute approximate surface area is 364 Å². The number of nitrogens with two attached hydrogens (primary N) is 2. The maximum Gasteiger partial charge on any atom is 0.267 e. The van der Waals surface area contributed by atoms with Crippen LogP contribution in [0.25, 0.3) is 0 Å². The van der Waals surface area contributed by atoms with Gasteiger partial charge in [0.15, 0.2) is 0 Å². The van der Waals surface area contributed by atoms with Gasteiger partial charge in [-0.25, -0.2) is 0 Å². The van der Waals surface area contributed by atoms with Crippen LogP contribution in [-0.4, -0.2) is 185 Å². The smallest absolute Gasteiger partial charge is 0.267 e. The van der Waals surface area contributed by atoms with Crippen molar-refractivity contribution in [2.24, 2.45) is 11.5 Å². The molecule has 0 amide bonds. The van der Waals surface area contributed by atoms with Crippen LogP contribution in [0.15, 0.2) is 0 Å². The van der Waals surface area contributed by atoms with Crippen LogP contribution >= 0.6 is 0 Å². The van der Waals surface area contributed by atoms with Crippen molar-refractivity contribution in [3.63, 3.8) is 0 Å². The summed E-state index contributed by atoms with van der Waals surface area (Å²) in [6.45, 7) is 4.39. The third-order valence-electron chi connectivity index (χ3n) is 11.9. The van der Waals surface area contributed by atoms with Gasteiger partial charge in [-0.2, -0.15) is 0 Å². The molecule has 368 valence electrons. The van der Waals surface area contributed by atoms with Crippen LogP contribution in [0.2, 0.25) is 0 Å². The quantitative estimate of drug-likeness (QED) is 0.0243. The van der Waals surface area contributed by atoms with Crippen molar-refractivity contribution < 1.29 is 55.3 Å². The largest absolute Gasteiger partial charge is 0.389 e. The summed E-state index contributed by atoms with van der Waals surface area (Å²) in [5.41, 5.74) is 2.06. The van der Waals surface area contributed by atoms with Crippen LogP contribution in [0, 0.1) is 50.6 Å². The maximum absolute atomic E-state index is 11.8. The number of unbranched alkanes of at least 4 members (excludes halogenated alkanes) is 6. The molecular formula is C37H79N9O16. The van der Waals surface area contributed by atoms with Crippen LogP contribution in [0.3, 0.4) is 0 Å². The normalized spacial score (nSPS) is 15.5. The zero-order valence-corrected chi connectivity index (χ0v) is 37.6. The molecule has 0 aromatic rings. The molecule has 0 aromatic carbocycles. The molecule has 4 unspecified atom stereocenters. The Morgan fingerprint density at radius 3 is 0.694 bits per heavy atom. The van der Waals surface area contributed by atoms with Gasteiger partial charge < -0.3 is 42.1 Å². The Hall–Kier alpha value is -3.40. The molecule has 25 nitrogen and oxygen atoms in total. The molecule has 0 aliphatic heterocycles. The topological polar surface area (TPSA) is 396 Å². The van der Waals surface area contributed by atoms with E-state index in [1.54, 1.807) is 34.6 Å². The Morgan fingerprint density at radius 2 is 0.565 bits per heavy atom. The van der Waals surface area contributed by atoms with Crippen molar-refractivity contribution >= 4 is 0 Å². The third kappa shape index (κ3) is 20.0. The molecule has 0 radical (unpaired) electrons. The van der Waals surface area contributed by atoms with Gasteiger partial charge >= 0.3 is 0 Å². The molecule has 0 heterocycles. The Bertz CT molecular complexity index is 1100. The van der Waals surface area contributed by atoms with Gasteiger partial charge in [0.2, 0.25) is 0 Å². The Balaban J connectivity index is -0.00000159. The molecule has 0 rings (SSSR count). The summed E-state index contributed by atoms with van der Waals surface area (Å²) in [6, 6.07) is 0. The van der Waals surface area contributed by atoms with Gasteiger partial charge in [-0.3, -0.25) is 60.4 Å². The zero-order chi connectivity index (χ0) is 48.6. The molecule has 62 heavy (non-hydrogen) atoms. The summed E-state index contributed by atoms with van der Waals surface area (Å²) in [6.07, 6.45) is 6.82. The van der Waals surface area contributed by atoms with Gasteiger partial charge in [-0.1, -0.05) is 60.3 Å². The van der Waals surface area contributed by atoms with Crippen LogP contribution in [0.4, 0.5) is 0 Å². The molecular weight excluding hydrogens is 826 g/mol. The number of rotatable bonds is 36. The highest BCUT2D eigenvalue weighted by Gasteiger charge is 2.49. The van der Waals surface area contributed by atoms with E-state index in [1.165, 1.54) is 22.6 Å². The van der Waals surface area contributed by atoms with Gasteiger partial charge in [0.25, 0.3) is 27.7 Å². The number of hydrogen-bond donors (Lipinski definition) is 8. The lowest BCUT2D eigenvalue weighted by Gasteiger charge is -2.34. The minimum Gasteiger partial charge on any atom is -0.389 e. The predicted molar refractivity (Wildman–Crippen MR) is 231 cm³/mol. The minimum absolute atomic E-state index is 0.0198. The lowest BCUT2D eigenvalue weighted by atomic mass is 9.93. The van der Waals surface area contributed by atoms with Gasteiger partial charge in [-0.05, 0) is 51.9 Å². The maximum atomic E-state index is 11.8. The summed E-state index contributed by atoms with van der Waals surface area (Å²) in [5, 5.41) is 114. The number of nitro groups is 5. The Morgan fingerprint density at radius 1 is 0.371 bits per heavy atom. The number of aliphatic hydroxyl groups excluding tert-OH is 6. The first-order valence-electron chi connectivity index (χ1n) is 21.4. The van der Waals surface area contributed by atoms with Crippen molar-refractivity contribution in [2.75, 3.05) is 92.0 Å². The molecule has 0 bridgehead atoms. The molecule has 0 saturated carbocycles. The number of aliphatic hydroxyl groups is 6. The monoisotopic (exact) mass is 906 g/mol. The van der Waals surface area contributed by atoms with Gasteiger partial charge in [-0.15, -0.1) is 0 Å². The average molecular weight is 906 g/mol. The highest BCUT2D eigenvalue weighted by Crippen LogP contribution is 2.24. The van der Waals surface area contributed by atoms with E-state index in [1.807, 2.05) is 0 Å². The van der Waals surface area contributed by atoms with E-state index in [4.69, 9.17) is 21.7 Å².